The minimum Gasteiger partial charge on any atom is -0.460 e. The highest BCUT2D eigenvalue weighted by Gasteiger charge is 2.11. The molecule has 0 saturated carbocycles. The second-order valence-electron chi connectivity index (χ2n) is 4.93. The molecule has 21 heavy (non-hydrogen) atoms. The summed E-state index contributed by atoms with van der Waals surface area (Å²) in [5.41, 5.74) is 3.86. The second-order valence-corrected chi connectivity index (χ2v) is 4.93. The minimum absolute atomic E-state index is 0.269. The third kappa shape index (κ3) is 2.65. The fraction of sp³-hybridized carbons (Fsp3) is 0.267. The number of hydrogen-bond donors (Lipinski definition) is 1. The van der Waals surface area contributed by atoms with Crippen LogP contribution in [0.4, 0.5) is 0 Å². The first kappa shape index (κ1) is 13.4. The lowest BCUT2D eigenvalue weighted by molar-refractivity contribution is 0.0488. The molecule has 0 bridgehead atoms. The van der Waals surface area contributed by atoms with Gasteiger partial charge < -0.3 is 9.72 Å². The quantitative estimate of drug-likeness (QED) is 0.746. The van der Waals surface area contributed by atoms with Crippen molar-refractivity contribution in [3.63, 3.8) is 0 Å². The molecule has 108 valence electrons. The molecule has 0 unspecified atom stereocenters. The van der Waals surface area contributed by atoms with E-state index in [2.05, 4.69) is 15.1 Å². The minimum atomic E-state index is -0.324. The van der Waals surface area contributed by atoms with Crippen molar-refractivity contribution in [2.45, 2.75) is 20.4 Å². The van der Waals surface area contributed by atoms with Crippen LogP contribution in [0, 0.1) is 13.8 Å². The van der Waals surface area contributed by atoms with Gasteiger partial charge in [-0.25, -0.2) is 14.5 Å². The SMILES string of the molecule is Cc1[nH]c2ccc(C(=O)OCCn3cncn3)cc2c1C. The van der Waals surface area contributed by atoms with Crippen LogP contribution >= 0.6 is 0 Å². The fourth-order valence-corrected chi connectivity index (χ4v) is 2.25. The first-order chi connectivity index (χ1) is 10.1. The Morgan fingerprint density at radius 3 is 3.00 bits per heavy atom. The monoisotopic (exact) mass is 284 g/mol. The van der Waals surface area contributed by atoms with Gasteiger partial charge in [-0.1, -0.05) is 0 Å². The summed E-state index contributed by atoms with van der Waals surface area (Å²) in [4.78, 5) is 19.2. The predicted molar refractivity (Wildman–Crippen MR) is 78.1 cm³/mol. The number of carbonyl (C=O) groups is 1. The van der Waals surface area contributed by atoms with Crippen molar-refractivity contribution in [3.8, 4) is 0 Å². The topological polar surface area (TPSA) is 72.8 Å². The van der Waals surface area contributed by atoms with Crippen molar-refractivity contribution in [2.24, 2.45) is 0 Å². The third-order valence-electron chi connectivity index (χ3n) is 3.56. The molecule has 0 radical (unpaired) electrons. The molecule has 6 nitrogen and oxygen atoms in total. The van der Waals surface area contributed by atoms with E-state index < -0.39 is 0 Å². The number of esters is 1. The van der Waals surface area contributed by atoms with E-state index in [1.807, 2.05) is 26.0 Å². The van der Waals surface area contributed by atoms with Crippen LogP contribution < -0.4 is 0 Å². The van der Waals surface area contributed by atoms with Crippen molar-refractivity contribution < 1.29 is 9.53 Å². The number of rotatable bonds is 4. The zero-order valence-electron chi connectivity index (χ0n) is 12.0. The van der Waals surface area contributed by atoms with E-state index in [1.165, 1.54) is 6.33 Å². The maximum atomic E-state index is 12.1. The first-order valence-electron chi connectivity index (χ1n) is 6.73. The van der Waals surface area contributed by atoms with Crippen LogP contribution in [0.5, 0.6) is 0 Å². The Morgan fingerprint density at radius 2 is 2.24 bits per heavy atom. The average molecular weight is 284 g/mol. The standard InChI is InChI=1S/C15H16N4O2/c1-10-11(2)18-14-4-3-12(7-13(10)14)15(20)21-6-5-19-9-16-8-17-19/h3-4,7-9,18H,5-6H2,1-2H3. The number of carbonyl (C=O) groups excluding carboxylic acids is 1. The van der Waals surface area contributed by atoms with Gasteiger partial charge in [-0.3, -0.25) is 0 Å². The number of H-pyrrole nitrogens is 1. The van der Waals surface area contributed by atoms with E-state index in [-0.39, 0.29) is 12.6 Å². The van der Waals surface area contributed by atoms with Crippen LogP contribution in [0.1, 0.15) is 21.6 Å². The Labute approximate surface area is 121 Å². The summed E-state index contributed by atoms with van der Waals surface area (Å²) in [6.45, 7) is 4.82. The van der Waals surface area contributed by atoms with Crippen molar-refractivity contribution in [1.82, 2.24) is 19.7 Å². The number of benzene rings is 1. The Kier molecular flexibility index (Phi) is 3.43. The summed E-state index contributed by atoms with van der Waals surface area (Å²) < 4.78 is 6.88. The van der Waals surface area contributed by atoms with Gasteiger partial charge in [-0.15, -0.1) is 0 Å². The van der Waals surface area contributed by atoms with Gasteiger partial charge in [-0.2, -0.15) is 5.10 Å². The maximum absolute atomic E-state index is 12.1. The molecular formula is C15H16N4O2. The van der Waals surface area contributed by atoms with Crippen molar-refractivity contribution in [3.05, 3.63) is 47.7 Å². The van der Waals surface area contributed by atoms with E-state index >= 15 is 0 Å². The number of fused-ring (bicyclic) bond motifs is 1. The van der Waals surface area contributed by atoms with Crippen LogP contribution in [-0.2, 0) is 11.3 Å². The molecule has 0 fully saturated rings. The number of aryl methyl sites for hydroxylation is 2. The zero-order valence-corrected chi connectivity index (χ0v) is 12.0. The van der Waals surface area contributed by atoms with Crippen LogP contribution in [0.25, 0.3) is 10.9 Å². The fourth-order valence-electron chi connectivity index (χ4n) is 2.25. The molecule has 6 heteroatoms. The highest BCUT2D eigenvalue weighted by Crippen LogP contribution is 2.22. The summed E-state index contributed by atoms with van der Waals surface area (Å²) in [5.74, 6) is -0.324. The summed E-state index contributed by atoms with van der Waals surface area (Å²) in [7, 11) is 0. The molecule has 1 N–H and O–H groups in total. The number of aromatic amines is 1. The normalized spacial score (nSPS) is 11.0. The van der Waals surface area contributed by atoms with E-state index in [1.54, 1.807) is 17.1 Å². The molecule has 3 rings (SSSR count). The number of hydrogen-bond acceptors (Lipinski definition) is 4. The zero-order chi connectivity index (χ0) is 14.8. The third-order valence-corrected chi connectivity index (χ3v) is 3.56. The molecule has 0 aliphatic rings. The molecule has 2 heterocycles. The Balaban J connectivity index is 1.70. The van der Waals surface area contributed by atoms with E-state index in [0.29, 0.717) is 12.1 Å². The molecule has 0 amide bonds. The summed E-state index contributed by atoms with van der Waals surface area (Å²) in [6, 6.07) is 5.55. The van der Waals surface area contributed by atoms with Crippen LogP contribution in [0.15, 0.2) is 30.9 Å². The van der Waals surface area contributed by atoms with Crippen molar-refractivity contribution in [2.75, 3.05) is 6.61 Å². The number of nitrogens with zero attached hydrogens (tertiary/aromatic N) is 3. The van der Waals surface area contributed by atoms with Gasteiger partial charge in [0.1, 0.15) is 19.3 Å². The first-order valence-corrected chi connectivity index (χ1v) is 6.73. The number of aromatic nitrogens is 4. The molecule has 0 aliphatic carbocycles. The largest absolute Gasteiger partial charge is 0.460 e. The molecule has 2 aromatic heterocycles. The molecule has 0 atom stereocenters. The average Bonchev–Trinajstić information content (AvgIpc) is 3.08. The van der Waals surface area contributed by atoms with E-state index in [4.69, 9.17) is 4.74 Å². The molecule has 0 spiro atoms. The van der Waals surface area contributed by atoms with Crippen LogP contribution in [0.2, 0.25) is 0 Å². The second kappa shape index (κ2) is 5.40. The summed E-state index contributed by atoms with van der Waals surface area (Å²) in [6.07, 6.45) is 3.04. The lowest BCUT2D eigenvalue weighted by atomic mass is 10.1. The Hall–Kier alpha value is -2.63. The number of ether oxygens (including phenoxy) is 1. The van der Waals surface area contributed by atoms with Gasteiger partial charge >= 0.3 is 5.97 Å². The Bertz CT molecular complexity index is 774. The summed E-state index contributed by atoms with van der Waals surface area (Å²) in [5, 5.41) is 5.01. The van der Waals surface area contributed by atoms with Gasteiger partial charge in [0, 0.05) is 16.6 Å². The molecule has 3 aromatic rings. The van der Waals surface area contributed by atoms with E-state index in [9.17, 15) is 4.79 Å². The Morgan fingerprint density at radius 1 is 1.38 bits per heavy atom. The van der Waals surface area contributed by atoms with Crippen LogP contribution in [0.3, 0.4) is 0 Å². The molecular weight excluding hydrogens is 268 g/mol. The van der Waals surface area contributed by atoms with E-state index in [0.717, 1.165) is 22.2 Å². The predicted octanol–water partition coefficient (Wildman–Crippen LogP) is 2.23. The molecule has 0 saturated heterocycles. The van der Waals surface area contributed by atoms with Crippen molar-refractivity contribution in [1.29, 1.82) is 0 Å². The van der Waals surface area contributed by atoms with Gasteiger partial charge in [0.25, 0.3) is 0 Å². The smallest absolute Gasteiger partial charge is 0.338 e. The van der Waals surface area contributed by atoms with Gasteiger partial charge in [0.2, 0.25) is 0 Å². The van der Waals surface area contributed by atoms with Crippen molar-refractivity contribution >= 4 is 16.9 Å². The lowest BCUT2D eigenvalue weighted by Gasteiger charge is -2.05. The number of nitrogens with one attached hydrogen (secondary N) is 1. The maximum Gasteiger partial charge on any atom is 0.338 e. The summed E-state index contributed by atoms with van der Waals surface area (Å²) >= 11 is 0. The van der Waals surface area contributed by atoms with Gasteiger partial charge in [0.05, 0.1) is 12.1 Å². The highest BCUT2D eigenvalue weighted by atomic mass is 16.5. The van der Waals surface area contributed by atoms with Gasteiger partial charge in [0.15, 0.2) is 0 Å². The molecule has 1 aromatic carbocycles. The van der Waals surface area contributed by atoms with Crippen LogP contribution in [-0.4, -0.2) is 32.3 Å². The molecule has 0 aliphatic heterocycles. The highest BCUT2D eigenvalue weighted by molar-refractivity contribution is 5.96. The van der Waals surface area contributed by atoms with Gasteiger partial charge in [-0.05, 0) is 37.6 Å². The lowest BCUT2D eigenvalue weighted by Crippen LogP contribution is -2.11.